The van der Waals surface area contributed by atoms with E-state index in [4.69, 9.17) is 5.73 Å². The predicted molar refractivity (Wildman–Crippen MR) is 64.2 cm³/mol. The van der Waals surface area contributed by atoms with Crippen molar-refractivity contribution in [3.05, 3.63) is 11.1 Å². The Balaban J connectivity index is 2.43. The standard InChI is InChI=1S/C9H15N3OS2/c1-3-11-7(8(10)13)5-15-9-12-6(2)4-14-9/h4,7,11H,3,5H2,1-2H3,(H2,10,13). The third-order valence-corrected chi connectivity index (χ3v) is 4.00. The first-order chi connectivity index (χ1) is 7.13. The summed E-state index contributed by atoms with van der Waals surface area (Å²) in [6.45, 7) is 4.65. The number of primary amides is 1. The Morgan fingerprint density at radius 1 is 1.80 bits per heavy atom. The second kappa shape index (κ2) is 6.09. The van der Waals surface area contributed by atoms with Gasteiger partial charge in [0.15, 0.2) is 0 Å². The molecule has 0 aliphatic heterocycles. The van der Waals surface area contributed by atoms with Gasteiger partial charge in [0.25, 0.3) is 0 Å². The van der Waals surface area contributed by atoms with Crippen molar-refractivity contribution in [1.82, 2.24) is 10.3 Å². The van der Waals surface area contributed by atoms with E-state index in [1.807, 2.05) is 19.2 Å². The maximum absolute atomic E-state index is 11.0. The maximum Gasteiger partial charge on any atom is 0.235 e. The van der Waals surface area contributed by atoms with Crippen LogP contribution in [0.5, 0.6) is 0 Å². The minimum absolute atomic E-state index is 0.274. The van der Waals surface area contributed by atoms with Gasteiger partial charge in [-0.2, -0.15) is 0 Å². The van der Waals surface area contributed by atoms with Crippen molar-refractivity contribution in [3.8, 4) is 0 Å². The molecule has 0 radical (unpaired) electrons. The summed E-state index contributed by atoms with van der Waals surface area (Å²) in [5.41, 5.74) is 6.28. The van der Waals surface area contributed by atoms with Crippen molar-refractivity contribution in [1.29, 1.82) is 0 Å². The molecule has 0 saturated heterocycles. The first kappa shape index (κ1) is 12.5. The summed E-state index contributed by atoms with van der Waals surface area (Å²) in [5, 5.41) is 5.04. The van der Waals surface area contributed by atoms with Crippen LogP contribution in [-0.2, 0) is 4.79 Å². The van der Waals surface area contributed by atoms with Crippen molar-refractivity contribution >= 4 is 29.0 Å². The van der Waals surface area contributed by atoms with Crippen molar-refractivity contribution in [3.63, 3.8) is 0 Å². The molecule has 15 heavy (non-hydrogen) atoms. The number of nitrogens with zero attached hydrogens (tertiary/aromatic N) is 1. The van der Waals surface area contributed by atoms with Crippen LogP contribution in [0, 0.1) is 6.92 Å². The predicted octanol–water partition coefficient (Wildman–Crippen LogP) is 1.01. The van der Waals surface area contributed by atoms with Gasteiger partial charge < -0.3 is 11.1 Å². The zero-order valence-corrected chi connectivity index (χ0v) is 10.5. The van der Waals surface area contributed by atoms with E-state index in [0.717, 1.165) is 16.6 Å². The van der Waals surface area contributed by atoms with Gasteiger partial charge in [-0.3, -0.25) is 4.79 Å². The fourth-order valence-corrected chi connectivity index (χ4v) is 2.98. The topological polar surface area (TPSA) is 68.0 Å². The molecule has 1 unspecified atom stereocenters. The number of nitrogens with two attached hydrogens (primary N) is 1. The van der Waals surface area contributed by atoms with Gasteiger partial charge in [0.1, 0.15) is 4.34 Å². The van der Waals surface area contributed by atoms with Gasteiger partial charge in [-0.1, -0.05) is 18.7 Å². The summed E-state index contributed by atoms with van der Waals surface area (Å²) >= 11 is 3.16. The lowest BCUT2D eigenvalue weighted by Gasteiger charge is -2.12. The van der Waals surface area contributed by atoms with Gasteiger partial charge in [-0.05, 0) is 13.5 Å². The number of thiazole rings is 1. The van der Waals surface area contributed by atoms with Crippen molar-refractivity contribution < 1.29 is 4.79 Å². The summed E-state index contributed by atoms with van der Waals surface area (Å²) in [4.78, 5) is 15.3. The number of carbonyl (C=O) groups is 1. The molecule has 6 heteroatoms. The molecule has 1 atom stereocenters. The van der Waals surface area contributed by atoms with E-state index in [0.29, 0.717) is 5.75 Å². The first-order valence-corrected chi connectivity index (χ1v) is 6.57. The van der Waals surface area contributed by atoms with E-state index in [1.165, 1.54) is 0 Å². The highest BCUT2D eigenvalue weighted by molar-refractivity contribution is 8.01. The first-order valence-electron chi connectivity index (χ1n) is 4.71. The second-order valence-corrected chi connectivity index (χ2v) is 5.20. The molecule has 4 nitrogen and oxygen atoms in total. The molecular formula is C9H15N3OS2. The van der Waals surface area contributed by atoms with Gasteiger partial charge in [-0.25, -0.2) is 4.98 Å². The van der Waals surface area contributed by atoms with Gasteiger partial charge >= 0.3 is 0 Å². The van der Waals surface area contributed by atoms with Crippen LogP contribution >= 0.6 is 23.1 Å². The second-order valence-electron chi connectivity index (χ2n) is 3.08. The molecule has 1 aromatic rings. The lowest BCUT2D eigenvalue weighted by Crippen LogP contribution is -2.42. The van der Waals surface area contributed by atoms with Gasteiger partial charge in [0.05, 0.1) is 6.04 Å². The Kier molecular flexibility index (Phi) is 5.07. The highest BCUT2D eigenvalue weighted by Gasteiger charge is 2.14. The zero-order valence-electron chi connectivity index (χ0n) is 8.82. The fraction of sp³-hybridized carbons (Fsp3) is 0.556. The van der Waals surface area contributed by atoms with E-state index in [-0.39, 0.29) is 11.9 Å². The van der Waals surface area contributed by atoms with E-state index in [9.17, 15) is 4.79 Å². The smallest absolute Gasteiger partial charge is 0.235 e. The average Bonchev–Trinajstić information content (AvgIpc) is 2.58. The normalized spacial score (nSPS) is 12.7. The molecular weight excluding hydrogens is 230 g/mol. The highest BCUT2D eigenvalue weighted by Crippen LogP contribution is 2.22. The number of thioether (sulfide) groups is 1. The van der Waals surface area contributed by atoms with Crippen molar-refractivity contribution in [2.45, 2.75) is 24.2 Å². The number of amides is 1. The molecule has 3 N–H and O–H groups in total. The molecule has 1 amide bonds. The van der Waals surface area contributed by atoms with Crippen LogP contribution in [0.15, 0.2) is 9.72 Å². The third kappa shape index (κ3) is 4.19. The fourth-order valence-electron chi connectivity index (χ4n) is 1.04. The monoisotopic (exact) mass is 245 g/mol. The van der Waals surface area contributed by atoms with E-state index in [2.05, 4.69) is 10.3 Å². The number of hydrogen-bond acceptors (Lipinski definition) is 5. The van der Waals surface area contributed by atoms with Gasteiger partial charge in [0.2, 0.25) is 5.91 Å². The van der Waals surface area contributed by atoms with E-state index < -0.39 is 0 Å². The van der Waals surface area contributed by atoms with Crippen LogP contribution in [-0.4, -0.2) is 29.2 Å². The Bertz CT molecular complexity index is 327. The molecule has 0 aliphatic carbocycles. The lowest BCUT2D eigenvalue weighted by atomic mass is 10.3. The number of aromatic nitrogens is 1. The number of hydrogen-bond donors (Lipinski definition) is 2. The number of aryl methyl sites for hydroxylation is 1. The lowest BCUT2D eigenvalue weighted by molar-refractivity contribution is -0.119. The quantitative estimate of drug-likeness (QED) is 0.734. The average molecular weight is 245 g/mol. The number of nitrogens with one attached hydrogen (secondary N) is 1. The molecule has 84 valence electrons. The molecule has 0 aromatic carbocycles. The molecule has 1 aromatic heterocycles. The van der Waals surface area contributed by atoms with Crippen LogP contribution in [0.2, 0.25) is 0 Å². The van der Waals surface area contributed by atoms with E-state index in [1.54, 1.807) is 23.1 Å². The van der Waals surface area contributed by atoms with Crippen molar-refractivity contribution in [2.75, 3.05) is 12.3 Å². The highest BCUT2D eigenvalue weighted by atomic mass is 32.2. The molecule has 0 bridgehead atoms. The summed E-state index contributed by atoms with van der Waals surface area (Å²) in [6, 6.07) is -0.274. The zero-order chi connectivity index (χ0) is 11.3. The van der Waals surface area contributed by atoms with Crippen molar-refractivity contribution in [2.24, 2.45) is 5.73 Å². The van der Waals surface area contributed by atoms with Crippen LogP contribution < -0.4 is 11.1 Å². The number of likely N-dealkylation sites (N-methyl/N-ethyl adjacent to an activating group) is 1. The third-order valence-electron chi connectivity index (χ3n) is 1.77. The van der Waals surface area contributed by atoms with Crippen LogP contribution in [0.4, 0.5) is 0 Å². The maximum atomic E-state index is 11.0. The van der Waals surface area contributed by atoms with Crippen LogP contribution in [0.3, 0.4) is 0 Å². The minimum atomic E-state index is -0.308. The van der Waals surface area contributed by atoms with Gasteiger partial charge in [0, 0.05) is 16.8 Å². The molecule has 1 rings (SSSR count). The summed E-state index contributed by atoms with van der Waals surface area (Å²) in [7, 11) is 0. The summed E-state index contributed by atoms with van der Waals surface area (Å²) in [6.07, 6.45) is 0. The molecule has 0 saturated carbocycles. The Morgan fingerprint density at radius 3 is 3.00 bits per heavy atom. The number of carbonyl (C=O) groups excluding carboxylic acids is 1. The Hall–Kier alpha value is -0.590. The SMILES string of the molecule is CCNC(CSc1nc(C)cs1)C(N)=O. The Morgan fingerprint density at radius 2 is 2.53 bits per heavy atom. The van der Waals surface area contributed by atoms with Crippen LogP contribution in [0.1, 0.15) is 12.6 Å². The Labute approximate surface area is 97.7 Å². The molecule has 0 aliphatic rings. The number of rotatable bonds is 6. The molecule has 0 fully saturated rings. The largest absolute Gasteiger partial charge is 0.368 e. The van der Waals surface area contributed by atoms with Crippen LogP contribution in [0.25, 0.3) is 0 Å². The minimum Gasteiger partial charge on any atom is -0.368 e. The summed E-state index contributed by atoms with van der Waals surface area (Å²) in [5.74, 6) is 0.327. The summed E-state index contributed by atoms with van der Waals surface area (Å²) < 4.78 is 0.983. The van der Waals surface area contributed by atoms with E-state index >= 15 is 0 Å². The van der Waals surface area contributed by atoms with Gasteiger partial charge in [-0.15, -0.1) is 11.3 Å². The molecule has 0 spiro atoms. The molecule has 1 heterocycles.